The van der Waals surface area contributed by atoms with Gasteiger partial charge in [-0.1, -0.05) is 0 Å². The third-order valence-electron chi connectivity index (χ3n) is 4.98. The zero-order valence-corrected chi connectivity index (χ0v) is 15.8. The molecule has 1 aromatic carbocycles. The number of hydrogen-bond donors (Lipinski definition) is 1. The average Bonchev–Trinajstić information content (AvgIpc) is 3.39. The topological polar surface area (TPSA) is 105 Å². The second-order valence-electron chi connectivity index (χ2n) is 6.83. The van der Waals surface area contributed by atoms with Gasteiger partial charge in [-0.05, 0) is 29.8 Å². The minimum absolute atomic E-state index is 0.139. The molecule has 0 aliphatic carbocycles. The fourth-order valence-electron chi connectivity index (χ4n) is 3.46. The van der Waals surface area contributed by atoms with Crippen molar-refractivity contribution in [3.05, 3.63) is 75.7 Å². The summed E-state index contributed by atoms with van der Waals surface area (Å²) in [4.78, 5) is 39.7. The van der Waals surface area contributed by atoms with Crippen LogP contribution in [0.25, 0.3) is 16.9 Å². The van der Waals surface area contributed by atoms with Crippen LogP contribution >= 0.6 is 0 Å². The maximum atomic E-state index is 13.2. The third kappa shape index (κ3) is 2.89. The van der Waals surface area contributed by atoms with Crippen LogP contribution in [0.4, 0.5) is 4.39 Å². The quantitative estimate of drug-likeness (QED) is 0.556. The number of methoxy groups -OCH3 is 1. The fourth-order valence-corrected chi connectivity index (χ4v) is 3.46. The number of fused-ring (bicyclic) bond motifs is 2. The Hall–Kier alpha value is -4.08. The largest absolute Gasteiger partial charge is 0.467 e. The van der Waals surface area contributed by atoms with E-state index < -0.39 is 0 Å². The molecule has 0 spiro atoms. The normalized spacial score (nSPS) is 12.9. The van der Waals surface area contributed by atoms with E-state index in [1.54, 1.807) is 18.2 Å². The molecule has 4 heterocycles. The molecule has 1 amide bonds. The molecule has 30 heavy (non-hydrogen) atoms. The third-order valence-corrected chi connectivity index (χ3v) is 4.98. The number of aromatic nitrogens is 5. The summed E-state index contributed by atoms with van der Waals surface area (Å²) in [6.07, 6.45) is 2.77. The Bertz CT molecular complexity index is 1330. The Morgan fingerprint density at radius 2 is 1.90 bits per heavy atom. The lowest BCUT2D eigenvalue weighted by atomic mass is 10.1. The maximum Gasteiger partial charge on any atom is 0.316 e. The van der Waals surface area contributed by atoms with E-state index >= 15 is 0 Å². The molecule has 9 nitrogen and oxygen atoms in total. The smallest absolute Gasteiger partial charge is 0.316 e. The van der Waals surface area contributed by atoms with Crippen LogP contribution in [0, 0.1) is 5.82 Å². The molecular formula is C20H15FN6O3. The number of carbonyl (C=O) groups excluding carboxylic acids is 1. The number of hydrogen-bond acceptors (Lipinski definition) is 6. The molecule has 0 radical (unpaired) electrons. The molecule has 1 N–H and O–H groups in total. The number of amides is 1. The number of nitrogens with zero attached hydrogens (tertiary/aromatic N) is 5. The van der Waals surface area contributed by atoms with Gasteiger partial charge in [0.1, 0.15) is 5.82 Å². The van der Waals surface area contributed by atoms with Gasteiger partial charge in [-0.25, -0.2) is 23.9 Å². The first kappa shape index (κ1) is 18.0. The van der Waals surface area contributed by atoms with E-state index in [2.05, 4.69) is 20.1 Å². The highest BCUT2D eigenvalue weighted by Gasteiger charge is 2.29. The average molecular weight is 406 g/mol. The molecule has 5 rings (SSSR count). The van der Waals surface area contributed by atoms with Crippen molar-refractivity contribution in [1.82, 2.24) is 29.5 Å². The Balaban J connectivity index is 1.46. The Morgan fingerprint density at radius 3 is 2.60 bits per heavy atom. The fraction of sp³-hybridized carbons (Fsp3) is 0.150. The maximum absolute atomic E-state index is 13.2. The van der Waals surface area contributed by atoms with Crippen LogP contribution in [0.5, 0.6) is 6.01 Å². The van der Waals surface area contributed by atoms with Crippen LogP contribution in [-0.4, -0.2) is 42.5 Å². The van der Waals surface area contributed by atoms with Gasteiger partial charge in [0.2, 0.25) is 0 Å². The monoisotopic (exact) mass is 406 g/mol. The van der Waals surface area contributed by atoms with Gasteiger partial charge in [-0.2, -0.15) is 0 Å². The SMILES string of the molecule is COc1ncc(C(=O)N2Cc3nc4cc(-c5ccc(F)cc5)[nH]n4c(=O)c3C2)cn1. The molecule has 150 valence electrons. The Labute approximate surface area is 168 Å². The summed E-state index contributed by atoms with van der Waals surface area (Å²) in [5.41, 5.74) is 2.83. The van der Waals surface area contributed by atoms with E-state index in [1.807, 2.05) is 0 Å². The van der Waals surface area contributed by atoms with Crippen molar-refractivity contribution in [1.29, 1.82) is 0 Å². The Morgan fingerprint density at radius 1 is 1.17 bits per heavy atom. The lowest BCUT2D eigenvalue weighted by Gasteiger charge is -2.14. The van der Waals surface area contributed by atoms with E-state index in [4.69, 9.17) is 4.74 Å². The molecule has 0 atom stereocenters. The van der Waals surface area contributed by atoms with Gasteiger partial charge < -0.3 is 9.64 Å². The summed E-state index contributed by atoms with van der Waals surface area (Å²) in [7, 11) is 1.44. The number of ether oxygens (including phenoxy) is 1. The summed E-state index contributed by atoms with van der Waals surface area (Å²) in [6.45, 7) is 0.350. The van der Waals surface area contributed by atoms with Crippen LogP contribution in [-0.2, 0) is 13.1 Å². The number of benzene rings is 1. The van der Waals surface area contributed by atoms with Gasteiger partial charge in [0.05, 0.1) is 42.7 Å². The van der Waals surface area contributed by atoms with Crippen molar-refractivity contribution in [2.45, 2.75) is 13.1 Å². The summed E-state index contributed by atoms with van der Waals surface area (Å²) < 4.78 is 19.4. The second kappa shape index (κ2) is 6.76. The summed E-state index contributed by atoms with van der Waals surface area (Å²) >= 11 is 0. The molecule has 4 aromatic rings. The van der Waals surface area contributed by atoms with E-state index in [0.29, 0.717) is 28.2 Å². The number of carbonyl (C=O) groups is 1. The second-order valence-corrected chi connectivity index (χ2v) is 6.83. The van der Waals surface area contributed by atoms with Crippen LogP contribution in [0.15, 0.2) is 47.5 Å². The van der Waals surface area contributed by atoms with Crippen molar-refractivity contribution >= 4 is 11.6 Å². The number of rotatable bonds is 3. The highest BCUT2D eigenvalue weighted by atomic mass is 19.1. The zero-order valence-electron chi connectivity index (χ0n) is 15.8. The van der Waals surface area contributed by atoms with Crippen LogP contribution < -0.4 is 10.3 Å². The van der Waals surface area contributed by atoms with Crippen molar-refractivity contribution < 1.29 is 13.9 Å². The minimum atomic E-state index is -0.337. The van der Waals surface area contributed by atoms with Crippen molar-refractivity contribution in [2.24, 2.45) is 0 Å². The molecule has 0 saturated carbocycles. The first-order chi connectivity index (χ1) is 14.5. The molecule has 0 fully saturated rings. The standard InChI is InChI=1S/C20H15FN6O3/c1-30-20-22-7-12(8-23-20)18(28)26-9-14-16(10-26)24-17-6-15(25-27(17)19(14)29)11-2-4-13(21)5-3-11/h2-8,25H,9-10H2,1H3. The van der Waals surface area contributed by atoms with Gasteiger partial charge in [0.15, 0.2) is 5.65 Å². The van der Waals surface area contributed by atoms with Crippen LogP contribution in [0.3, 0.4) is 0 Å². The van der Waals surface area contributed by atoms with Gasteiger partial charge in [-0.15, -0.1) is 0 Å². The van der Waals surface area contributed by atoms with E-state index in [1.165, 1.54) is 41.1 Å². The van der Waals surface area contributed by atoms with Gasteiger partial charge >= 0.3 is 6.01 Å². The first-order valence-corrected chi connectivity index (χ1v) is 9.08. The van der Waals surface area contributed by atoms with E-state index in [9.17, 15) is 14.0 Å². The van der Waals surface area contributed by atoms with Crippen molar-refractivity contribution in [3.63, 3.8) is 0 Å². The van der Waals surface area contributed by atoms with E-state index in [-0.39, 0.29) is 36.4 Å². The molecule has 0 saturated heterocycles. The molecule has 1 aliphatic rings. The summed E-state index contributed by atoms with van der Waals surface area (Å²) in [5, 5.41) is 3.00. The lowest BCUT2D eigenvalue weighted by Crippen LogP contribution is -2.27. The first-order valence-electron chi connectivity index (χ1n) is 9.08. The molecule has 3 aromatic heterocycles. The van der Waals surface area contributed by atoms with Gasteiger partial charge in [0, 0.05) is 18.5 Å². The molecule has 0 unspecified atom stereocenters. The molecule has 10 heteroatoms. The van der Waals surface area contributed by atoms with Crippen molar-refractivity contribution in [3.8, 4) is 17.3 Å². The highest BCUT2D eigenvalue weighted by Crippen LogP contribution is 2.23. The van der Waals surface area contributed by atoms with Gasteiger partial charge in [-0.3, -0.25) is 14.7 Å². The highest BCUT2D eigenvalue weighted by molar-refractivity contribution is 5.93. The number of aromatic amines is 1. The molecular weight excluding hydrogens is 391 g/mol. The van der Waals surface area contributed by atoms with Crippen LogP contribution in [0.1, 0.15) is 21.6 Å². The number of H-pyrrole nitrogens is 1. The van der Waals surface area contributed by atoms with E-state index in [0.717, 1.165) is 5.56 Å². The molecule has 0 bridgehead atoms. The lowest BCUT2D eigenvalue weighted by molar-refractivity contribution is 0.0749. The zero-order chi connectivity index (χ0) is 20.8. The van der Waals surface area contributed by atoms with Crippen LogP contribution in [0.2, 0.25) is 0 Å². The van der Waals surface area contributed by atoms with Gasteiger partial charge in [0.25, 0.3) is 11.5 Å². The Kier molecular flexibility index (Phi) is 4.05. The van der Waals surface area contributed by atoms with Crippen molar-refractivity contribution in [2.75, 3.05) is 7.11 Å². The predicted molar refractivity (Wildman–Crippen MR) is 103 cm³/mol. The predicted octanol–water partition coefficient (Wildman–Crippen LogP) is 1.78. The molecule has 1 aliphatic heterocycles. The number of nitrogens with one attached hydrogen (secondary N) is 1. The minimum Gasteiger partial charge on any atom is -0.467 e. The summed E-state index contributed by atoms with van der Waals surface area (Å²) in [6, 6.07) is 7.83. The summed E-state index contributed by atoms with van der Waals surface area (Å²) in [5.74, 6) is -0.633. The number of halogens is 1.